The first kappa shape index (κ1) is 16.0. The van der Waals surface area contributed by atoms with Gasteiger partial charge in [-0.15, -0.1) is 0 Å². The molecule has 2 rings (SSSR count). The number of hydrogen-bond acceptors (Lipinski definition) is 5. The van der Waals surface area contributed by atoms with E-state index in [2.05, 4.69) is 5.32 Å². The number of aliphatic hydroxyl groups is 1. The summed E-state index contributed by atoms with van der Waals surface area (Å²) in [6, 6.07) is 2.81. The van der Waals surface area contributed by atoms with Crippen LogP contribution in [0, 0.1) is 16.0 Å². The van der Waals surface area contributed by atoms with Crippen molar-refractivity contribution in [1.82, 2.24) is 5.32 Å². The van der Waals surface area contributed by atoms with Gasteiger partial charge in [-0.2, -0.15) is 0 Å². The first-order valence-electron chi connectivity index (χ1n) is 7.03. The van der Waals surface area contributed by atoms with Crippen molar-refractivity contribution < 1.29 is 15.1 Å². The summed E-state index contributed by atoms with van der Waals surface area (Å²) in [5.74, 6) is -0.164. The van der Waals surface area contributed by atoms with Crippen LogP contribution in [0.25, 0.3) is 0 Å². The van der Waals surface area contributed by atoms with Crippen molar-refractivity contribution in [2.75, 3.05) is 6.61 Å². The van der Waals surface area contributed by atoms with Crippen LogP contribution >= 0.6 is 11.6 Å². The Kier molecular flexibility index (Phi) is 5.39. The van der Waals surface area contributed by atoms with Gasteiger partial charge in [-0.1, -0.05) is 24.4 Å². The third-order valence-electron chi connectivity index (χ3n) is 4.03. The van der Waals surface area contributed by atoms with E-state index in [9.17, 15) is 20.3 Å². The number of nitro groups is 1. The van der Waals surface area contributed by atoms with Gasteiger partial charge in [-0.25, -0.2) is 0 Å². The number of hydrogen-bond donors (Lipinski definition) is 3. The summed E-state index contributed by atoms with van der Waals surface area (Å²) >= 11 is 5.86. The molecule has 7 heteroatoms. The molecule has 0 aromatic heterocycles. The van der Waals surface area contributed by atoms with Gasteiger partial charge in [0.2, 0.25) is 0 Å². The molecular formula is C14H19ClN2O4. The van der Waals surface area contributed by atoms with Gasteiger partial charge in [0.1, 0.15) is 0 Å². The number of rotatable bonds is 5. The molecule has 3 N–H and O–H groups in total. The minimum atomic E-state index is -0.651. The molecular weight excluding hydrogens is 296 g/mol. The van der Waals surface area contributed by atoms with Crippen LogP contribution in [0.5, 0.6) is 5.75 Å². The summed E-state index contributed by atoms with van der Waals surface area (Å²) in [6.07, 6.45) is 4.12. The summed E-state index contributed by atoms with van der Waals surface area (Å²) in [7, 11) is 0. The minimum absolute atomic E-state index is 0.124. The molecule has 6 nitrogen and oxygen atoms in total. The fraction of sp³-hybridized carbons (Fsp3) is 0.571. The zero-order valence-electron chi connectivity index (χ0n) is 11.6. The van der Waals surface area contributed by atoms with Crippen LogP contribution in [0.4, 0.5) is 5.69 Å². The van der Waals surface area contributed by atoms with Crippen LogP contribution in [0.3, 0.4) is 0 Å². The second-order valence-corrected chi connectivity index (χ2v) is 5.84. The molecule has 116 valence electrons. The molecule has 0 spiro atoms. The Hall–Kier alpha value is -1.37. The Morgan fingerprint density at radius 1 is 1.38 bits per heavy atom. The average molecular weight is 315 g/mol. The second kappa shape index (κ2) is 7.06. The Morgan fingerprint density at radius 3 is 2.76 bits per heavy atom. The Balaban J connectivity index is 2.10. The SMILES string of the molecule is O=[N+]([O-])c1cc(Cl)cc(CNC2CCCCC2CO)c1O. The smallest absolute Gasteiger partial charge is 0.312 e. The molecule has 1 saturated carbocycles. The molecule has 1 aromatic carbocycles. The summed E-state index contributed by atoms with van der Waals surface area (Å²) < 4.78 is 0. The van der Waals surface area contributed by atoms with Gasteiger partial charge in [-0.05, 0) is 24.8 Å². The lowest BCUT2D eigenvalue weighted by Gasteiger charge is -2.31. The van der Waals surface area contributed by atoms with Crippen LogP contribution in [0.15, 0.2) is 12.1 Å². The van der Waals surface area contributed by atoms with Crippen LogP contribution in [0.2, 0.25) is 5.02 Å². The number of nitrogens with one attached hydrogen (secondary N) is 1. The fourth-order valence-electron chi connectivity index (χ4n) is 2.85. The molecule has 21 heavy (non-hydrogen) atoms. The molecule has 0 bridgehead atoms. The first-order valence-corrected chi connectivity index (χ1v) is 7.40. The predicted octanol–water partition coefficient (Wildman–Crippen LogP) is 2.59. The fourth-order valence-corrected chi connectivity index (χ4v) is 3.08. The topological polar surface area (TPSA) is 95.6 Å². The quantitative estimate of drug-likeness (QED) is 0.573. The summed E-state index contributed by atoms with van der Waals surface area (Å²) in [4.78, 5) is 10.2. The van der Waals surface area contributed by atoms with Crippen molar-refractivity contribution in [2.24, 2.45) is 5.92 Å². The lowest BCUT2D eigenvalue weighted by molar-refractivity contribution is -0.385. The molecule has 0 aliphatic heterocycles. The van der Waals surface area contributed by atoms with E-state index in [1.807, 2.05) is 0 Å². The maximum absolute atomic E-state index is 10.9. The van der Waals surface area contributed by atoms with Gasteiger partial charge in [0.15, 0.2) is 5.75 Å². The van der Waals surface area contributed by atoms with Gasteiger partial charge in [0.25, 0.3) is 0 Å². The normalized spacial score (nSPS) is 22.2. The van der Waals surface area contributed by atoms with Crippen molar-refractivity contribution in [2.45, 2.75) is 38.3 Å². The zero-order chi connectivity index (χ0) is 15.4. The average Bonchev–Trinajstić information content (AvgIpc) is 2.47. The largest absolute Gasteiger partial charge is 0.502 e. The molecule has 0 heterocycles. The zero-order valence-corrected chi connectivity index (χ0v) is 12.3. The maximum atomic E-state index is 10.9. The van der Waals surface area contributed by atoms with Crippen LogP contribution in [-0.2, 0) is 6.54 Å². The highest BCUT2D eigenvalue weighted by Gasteiger charge is 2.25. The number of phenols is 1. The van der Waals surface area contributed by atoms with Gasteiger partial charge < -0.3 is 15.5 Å². The lowest BCUT2D eigenvalue weighted by Crippen LogP contribution is -2.39. The molecule has 1 aromatic rings. The van der Waals surface area contributed by atoms with Gasteiger partial charge >= 0.3 is 5.69 Å². The molecule has 1 fully saturated rings. The molecule has 2 atom stereocenters. The highest BCUT2D eigenvalue weighted by molar-refractivity contribution is 6.31. The minimum Gasteiger partial charge on any atom is -0.502 e. The van der Waals surface area contributed by atoms with Crippen molar-refractivity contribution >= 4 is 17.3 Å². The number of halogens is 1. The standard InChI is InChI=1S/C14H19ClN2O4/c15-11-5-10(14(19)13(6-11)17(20)21)7-16-12-4-2-1-3-9(12)8-18/h5-6,9,12,16,18-19H,1-4,7-8H2. The van der Waals surface area contributed by atoms with E-state index in [1.54, 1.807) is 0 Å². The molecule has 1 aliphatic rings. The highest BCUT2D eigenvalue weighted by Crippen LogP contribution is 2.33. The van der Waals surface area contributed by atoms with Crippen molar-refractivity contribution in [3.63, 3.8) is 0 Å². The van der Waals surface area contributed by atoms with Gasteiger partial charge in [0.05, 0.1) is 4.92 Å². The predicted molar refractivity (Wildman–Crippen MR) is 79.4 cm³/mol. The maximum Gasteiger partial charge on any atom is 0.312 e. The second-order valence-electron chi connectivity index (χ2n) is 5.40. The molecule has 0 amide bonds. The summed E-state index contributed by atoms with van der Waals surface area (Å²) in [5.41, 5.74) is 0.0121. The summed E-state index contributed by atoms with van der Waals surface area (Å²) in [5, 5.41) is 33.7. The van der Waals surface area contributed by atoms with E-state index in [0.717, 1.165) is 31.7 Å². The highest BCUT2D eigenvalue weighted by atomic mass is 35.5. The number of benzene rings is 1. The number of aliphatic hydroxyl groups excluding tert-OH is 1. The summed E-state index contributed by atoms with van der Waals surface area (Å²) in [6.45, 7) is 0.410. The lowest BCUT2D eigenvalue weighted by atomic mass is 9.85. The van der Waals surface area contributed by atoms with Crippen LogP contribution < -0.4 is 5.32 Å². The molecule has 0 saturated heterocycles. The molecule has 0 radical (unpaired) electrons. The number of nitro benzene ring substituents is 1. The first-order chi connectivity index (χ1) is 10.0. The van der Waals surface area contributed by atoms with E-state index in [4.69, 9.17) is 11.6 Å². The van der Waals surface area contributed by atoms with E-state index >= 15 is 0 Å². The Morgan fingerprint density at radius 2 is 2.10 bits per heavy atom. The van der Waals surface area contributed by atoms with Gasteiger partial charge in [-0.3, -0.25) is 10.1 Å². The number of aromatic hydroxyl groups is 1. The molecule has 1 aliphatic carbocycles. The van der Waals surface area contributed by atoms with Crippen LogP contribution in [0.1, 0.15) is 31.2 Å². The van der Waals surface area contributed by atoms with Crippen molar-refractivity contribution in [1.29, 1.82) is 0 Å². The van der Waals surface area contributed by atoms with Crippen molar-refractivity contribution in [3.05, 3.63) is 32.8 Å². The van der Waals surface area contributed by atoms with E-state index in [0.29, 0.717) is 5.56 Å². The molecule has 2 unspecified atom stereocenters. The van der Waals surface area contributed by atoms with Crippen LogP contribution in [-0.4, -0.2) is 27.8 Å². The number of nitrogens with zero attached hydrogens (tertiary/aromatic N) is 1. The Labute approximate surface area is 127 Å². The van der Waals surface area contributed by atoms with Gasteiger partial charge in [0, 0.05) is 35.8 Å². The van der Waals surface area contributed by atoms with Crippen molar-refractivity contribution in [3.8, 4) is 5.75 Å². The monoisotopic (exact) mass is 314 g/mol. The Bertz CT molecular complexity index is 524. The third-order valence-corrected chi connectivity index (χ3v) is 4.25. The van der Waals surface area contributed by atoms with E-state index < -0.39 is 4.92 Å². The van der Waals surface area contributed by atoms with E-state index in [-0.39, 0.29) is 41.6 Å². The number of phenolic OH excluding ortho intramolecular Hbond substituents is 1. The van der Waals surface area contributed by atoms with E-state index in [1.165, 1.54) is 6.07 Å². The third kappa shape index (κ3) is 3.84.